The lowest BCUT2D eigenvalue weighted by Crippen LogP contribution is -2.54. The summed E-state index contributed by atoms with van der Waals surface area (Å²) in [5.41, 5.74) is 6.33. The van der Waals surface area contributed by atoms with Gasteiger partial charge in [-0.3, -0.25) is 4.90 Å². The van der Waals surface area contributed by atoms with E-state index in [2.05, 4.69) is 11.8 Å². The van der Waals surface area contributed by atoms with Crippen molar-refractivity contribution in [1.82, 2.24) is 4.90 Å². The number of aliphatic hydroxyl groups is 1. The zero-order valence-electron chi connectivity index (χ0n) is 11.1. The van der Waals surface area contributed by atoms with E-state index in [0.29, 0.717) is 12.0 Å². The Kier molecular flexibility index (Phi) is 4.83. The normalized spacial score (nSPS) is 30.9. The Labute approximate surface area is 105 Å². The molecule has 1 aliphatic carbocycles. The topological polar surface area (TPSA) is 49.5 Å². The Bertz CT molecular complexity index is 230. The van der Waals surface area contributed by atoms with Crippen molar-refractivity contribution in [2.24, 2.45) is 11.7 Å². The van der Waals surface area contributed by atoms with Gasteiger partial charge in [-0.2, -0.15) is 0 Å². The number of rotatable bonds is 5. The van der Waals surface area contributed by atoms with Gasteiger partial charge in [-0.05, 0) is 44.6 Å². The van der Waals surface area contributed by atoms with E-state index in [1.165, 1.54) is 44.9 Å². The molecule has 0 aromatic heterocycles. The highest BCUT2D eigenvalue weighted by Crippen LogP contribution is 2.35. The Balaban J connectivity index is 2.02. The highest BCUT2D eigenvalue weighted by Gasteiger charge is 2.38. The predicted molar refractivity (Wildman–Crippen MR) is 70.8 cm³/mol. The fraction of sp³-hybridized carbons (Fsp3) is 1.00. The Morgan fingerprint density at radius 1 is 1.24 bits per heavy atom. The Hall–Kier alpha value is -0.120. The first-order valence-electron chi connectivity index (χ1n) is 7.40. The van der Waals surface area contributed by atoms with Gasteiger partial charge in [0, 0.05) is 18.1 Å². The highest BCUT2D eigenvalue weighted by atomic mass is 16.3. The lowest BCUT2D eigenvalue weighted by molar-refractivity contribution is 0.0620. The molecule has 0 amide bonds. The van der Waals surface area contributed by atoms with Gasteiger partial charge in [0.2, 0.25) is 0 Å². The molecule has 17 heavy (non-hydrogen) atoms. The summed E-state index contributed by atoms with van der Waals surface area (Å²) in [6, 6.07) is 1.03. The van der Waals surface area contributed by atoms with Gasteiger partial charge >= 0.3 is 0 Å². The molecule has 3 unspecified atom stereocenters. The molecule has 2 aliphatic rings. The van der Waals surface area contributed by atoms with Crippen molar-refractivity contribution in [3.63, 3.8) is 0 Å². The second-order valence-corrected chi connectivity index (χ2v) is 5.81. The zero-order valence-corrected chi connectivity index (χ0v) is 11.1. The zero-order chi connectivity index (χ0) is 12.3. The minimum absolute atomic E-state index is 0.187. The third-order valence-electron chi connectivity index (χ3n) is 4.62. The molecule has 1 saturated carbocycles. The summed E-state index contributed by atoms with van der Waals surface area (Å²) in [5, 5.41) is 9.71. The van der Waals surface area contributed by atoms with Gasteiger partial charge in [0.1, 0.15) is 0 Å². The smallest absolute Gasteiger partial charge is 0.0602 e. The van der Waals surface area contributed by atoms with E-state index in [9.17, 15) is 5.11 Å². The van der Waals surface area contributed by atoms with Crippen molar-refractivity contribution in [2.45, 2.75) is 70.0 Å². The first kappa shape index (κ1) is 13.3. The summed E-state index contributed by atoms with van der Waals surface area (Å²) in [7, 11) is 0. The monoisotopic (exact) mass is 240 g/mol. The van der Waals surface area contributed by atoms with Crippen LogP contribution in [0.2, 0.25) is 0 Å². The average Bonchev–Trinajstić information content (AvgIpc) is 3.17. The SMILES string of the molecule is CCC1CCCCCN1C(CO)C(N)C1CC1. The van der Waals surface area contributed by atoms with Crippen LogP contribution < -0.4 is 5.73 Å². The highest BCUT2D eigenvalue weighted by molar-refractivity contribution is 4.95. The van der Waals surface area contributed by atoms with Gasteiger partial charge in [0.05, 0.1) is 6.61 Å². The molecule has 0 aromatic rings. The summed E-state index contributed by atoms with van der Waals surface area (Å²) in [5.74, 6) is 0.674. The van der Waals surface area contributed by atoms with Crippen LogP contribution >= 0.6 is 0 Å². The van der Waals surface area contributed by atoms with E-state index < -0.39 is 0 Å². The van der Waals surface area contributed by atoms with Crippen molar-refractivity contribution < 1.29 is 5.11 Å². The van der Waals surface area contributed by atoms with Crippen molar-refractivity contribution >= 4 is 0 Å². The summed E-state index contributed by atoms with van der Waals surface area (Å²) in [4.78, 5) is 2.52. The molecule has 1 aliphatic heterocycles. The van der Waals surface area contributed by atoms with E-state index in [-0.39, 0.29) is 18.7 Å². The molecule has 2 rings (SSSR count). The van der Waals surface area contributed by atoms with Gasteiger partial charge in [-0.1, -0.05) is 19.8 Å². The number of hydrogen-bond donors (Lipinski definition) is 2. The fourth-order valence-electron chi connectivity index (χ4n) is 3.32. The Morgan fingerprint density at radius 3 is 2.59 bits per heavy atom. The van der Waals surface area contributed by atoms with Crippen molar-refractivity contribution in [3.05, 3.63) is 0 Å². The van der Waals surface area contributed by atoms with Crippen LogP contribution in [0.1, 0.15) is 51.9 Å². The van der Waals surface area contributed by atoms with Gasteiger partial charge < -0.3 is 10.8 Å². The van der Waals surface area contributed by atoms with Gasteiger partial charge in [-0.25, -0.2) is 0 Å². The molecule has 3 N–H and O–H groups in total. The molecular weight excluding hydrogens is 212 g/mol. The molecule has 3 heteroatoms. The lowest BCUT2D eigenvalue weighted by Gasteiger charge is -2.39. The van der Waals surface area contributed by atoms with Crippen LogP contribution in [0.4, 0.5) is 0 Å². The van der Waals surface area contributed by atoms with Crippen LogP contribution in [-0.2, 0) is 0 Å². The second kappa shape index (κ2) is 6.17. The summed E-state index contributed by atoms with van der Waals surface area (Å²) in [6.07, 6.45) is 8.95. The molecule has 1 saturated heterocycles. The molecule has 100 valence electrons. The maximum atomic E-state index is 9.71. The molecule has 2 fully saturated rings. The first-order valence-corrected chi connectivity index (χ1v) is 7.40. The van der Waals surface area contributed by atoms with Gasteiger partial charge in [0.15, 0.2) is 0 Å². The molecule has 0 aromatic carbocycles. The second-order valence-electron chi connectivity index (χ2n) is 5.81. The molecule has 0 bridgehead atoms. The molecule has 3 nitrogen and oxygen atoms in total. The number of nitrogens with zero attached hydrogens (tertiary/aromatic N) is 1. The summed E-state index contributed by atoms with van der Waals surface area (Å²) < 4.78 is 0. The van der Waals surface area contributed by atoms with Crippen LogP contribution in [0.5, 0.6) is 0 Å². The van der Waals surface area contributed by atoms with E-state index in [1.54, 1.807) is 0 Å². The summed E-state index contributed by atoms with van der Waals surface area (Å²) in [6.45, 7) is 3.62. The predicted octanol–water partition coefficient (Wildman–Crippen LogP) is 1.74. The lowest BCUT2D eigenvalue weighted by atomic mass is 9.99. The Morgan fingerprint density at radius 2 is 2.00 bits per heavy atom. The minimum Gasteiger partial charge on any atom is -0.395 e. The average molecular weight is 240 g/mol. The van der Waals surface area contributed by atoms with E-state index in [1.807, 2.05) is 0 Å². The molecule has 0 radical (unpaired) electrons. The van der Waals surface area contributed by atoms with Crippen molar-refractivity contribution in [2.75, 3.05) is 13.2 Å². The van der Waals surface area contributed by atoms with Crippen molar-refractivity contribution in [1.29, 1.82) is 0 Å². The quantitative estimate of drug-likeness (QED) is 0.769. The molecule has 3 atom stereocenters. The van der Waals surface area contributed by atoms with E-state index in [4.69, 9.17) is 5.73 Å². The van der Waals surface area contributed by atoms with Crippen LogP contribution in [0.15, 0.2) is 0 Å². The minimum atomic E-state index is 0.187. The number of hydrogen-bond acceptors (Lipinski definition) is 3. The van der Waals surface area contributed by atoms with Crippen LogP contribution in [-0.4, -0.2) is 41.3 Å². The third kappa shape index (κ3) is 3.21. The molecule has 0 spiro atoms. The first-order chi connectivity index (χ1) is 8.27. The molecular formula is C14H28N2O. The number of likely N-dealkylation sites (tertiary alicyclic amines) is 1. The summed E-state index contributed by atoms with van der Waals surface area (Å²) >= 11 is 0. The molecule has 1 heterocycles. The van der Waals surface area contributed by atoms with Crippen LogP contribution in [0.3, 0.4) is 0 Å². The third-order valence-corrected chi connectivity index (χ3v) is 4.62. The van der Waals surface area contributed by atoms with E-state index in [0.717, 1.165) is 6.54 Å². The maximum Gasteiger partial charge on any atom is 0.0602 e. The number of nitrogens with two attached hydrogens (primary N) is 1. The van der Waals surface area contributed by atoms with Gasteiger partial charge in [0.25, 0.3) is 0 Å². The van der Waals surface area contributed by atoms with Crippen LogP contribution in [0.25, 0.3) is 0 Å². The largest absolute Gasteiger partial charge is 0.395 e. The van der Waals surface area contributed by atoms with Crippen LogP contribution in [0, 0.1) is 5.92 Å². The number of aliphatic hydroxyl groups excluding tert-OH is 1. The van der Waals surface area contributed by atoms with Crippen molar-refractivity contribution in [3.8, 4) is 0 Å². The standard InChI is InChI=1S/C14H28N2O/c1-2-12-6-4-3-5-9-16(12)13(10-17)14(15)11-7-8-11/h11-14,17H,2-10,15H2,1H3. The fourth-order valence-corrected chi connectivity index (χ4v) is 3.32. The van der Waals surface area contributed by atoms with Gasteiger partial charge in [-0.15, -0.1) is 0 Å². The van der Waals surface area contributed by atoms with E-state index >= 15 is 0 Å². The maximum absolute atomic E-state index is 9.71.